The number of rotatable bonds is 1. The lowest BCUT2D eigenvalue weighted by molar-refractivity contribution is 0.163. The molecule has 0 aromatic heterocycles. The Bertz CT molecular complexity index is 199. The summed E-state index contributed by atoms with van der Waals surface area (Å²) in [5.41, 5.74) is 0.0406. The molecule has 0 aromatic rings. The Labute approximate surface area is 80.5 Å². The van der Waals surface area contributed by atoms with E-state index < -0.39 is 0 Å². The first-order valence-corrected chi connectivity index (χ1v) is 5.01. The average molecular weight is 184 g/mol. The zero-order chi connectivity index (χ0) is 10.1. The quantitative estimate of drug-likeness (QED) is 0.664. The summed E-state index contributed by atoms with van der Waals surface area (Å²) in [6, 6.07) is 0.307. The van der Waals surface area contributed by atoms with Gasteiger partial charge >= 0.3 is 6.03 Å². The molecule has 0 aliphatic carbocycles. The van der Waals surface area contributed by atoms with Gasteiger partial charge in [0.1, 0.15) is 0 Å². The third-order valence-corrected chi connectivity index (χ3v) is 2.56. The second kappa shape index (κ2) is 3.56. The van der Waals surface area contributed by atoms with E-state index >= 15 is 0 Å². The highest BCUT2D eigenvalue weighted by atomic mass is 16.2. The molecule has 1 rings (SSSR count). The van der Waals surface area contributed by atoms with Gasteiger partial charge in [-0.3, -0.25) is 0 Å². The molecule has 0 radical (unpaired) electrons. The van der Waals surface area contributed by atoms with Gasteiger partial charge in [-0.1, -0.05) is 0 Å². The van der Waals surface area contributed by atoms with Gasteiger partial charge in [-0.05, 0) is 40.5 Å². The molecular weight excluding hydrogens is 164 g/mol. The fraction of sp³-hybridized carbons (Fsp3) is 0.900. The van der Waals surface area contributed by atoms with Crippen LogP contribution >= 0.6 is 0 Å². The summed E-state index contributed by atoms with van der Waals surface area (Å²) >= 11 is 0. The Morgan fingerprint density at radius 1 is 1.46 bits per heavy atom. The topological polar surface area (TPSA) is 32.3 Å². The number of nitrogens with zero attached hydrogens (tertiary/aromatic N) is 1. The van der Waals surface area contributed by atoms with Crippen molar-refractivity contribution in [2.24, 2.45) is 0 Å². The predicted molar refractivity (Wildman–Crippen MR) is 53.7 cm³/mol. The van der Waals surface area contributed by atoms with Crippen LogP contribution < -0.4 is 5.32 Å². The number of nitrogens with one attached hydrogen (secondary N) is 1. The highest BCUT2D eigenvalue weighted by Crippen LogP contribution is 2.27. The predicted octanol–water partition coefficient (Wildman–Crippen LogP) is 1.98. The minimum Gasteiger partial charge on any atom is -0.336 e. The maximum Gasteiger partial charge on any atom is 0.318 e. The molecule has 0 unspecified atom stereocenters. The van der Waals surface area contributed by atoms with Crippen LogP contribution in [0.15, 0.2) is 0 Å². The summed E-state index contributed by atoms with van der Waals surface area (Å²) in [6.07, 6.45) is 2.23. The molecule has 1 N–H and O–H groups in total. The van der Waals surface area contributed by atoms with E-state index in [1.165, 1.54) is 0 Å². The van der Waals surface area contributed by atoms with Crippen LogP contribution in [0.2, 0.25) is 0 Å². The summed E-state index contributed by atoms with van der Waals surface area (Å²) < 4.78 is 0. The summed E-state index contributed by atoms with van der Waals surface area (Å²) in [4.78, 5) is 13.6. The van der Waals surface area contributed by atoms with E-state index in [1.54, 1.807) is 0 Å². The smallest absolute Gasteiger partial charge is 0.318 e. The minimum atomic E-state index is 0.0406. The molecule has 0 atom stereocenters. The first-order chi connectivity index (χ1) is 5.93. The molecule has 13 heavy (non-hydrogen) atoms. The van der Waals surface area contributed by atoms with Crippen molar-refractivity contribution < 1.29 is 4.79 Å². The maximum atomic E-state index is 11.7. The van der Waals surface area contributed by atoms with Crippen LogP contribution in [0.3, 0.4) is 0 Å². The molecule has 3 heteroatoms. The SMILES string of the molecule is CC(C)NC(=O)N1CCCC1(C)C. The first-order valence-electron chi connectivity index (χ1n) is 5.01. The highest BCUT2D eigenvalue weighted by molar-refractivity contribution is 5.75. The van der Waals surface area contributed by atoms with E-state index in [0.29, 0.717) is 0 Å². The van der Waals surface area contributed by atoms with Gasteiger partial charge in [0.25, 0.3) is 0 Å². The summed E-state index contributed by atoms with van der Waals surface area (Å²) in [5, 5.41) is 2.93. The summed E-state index contributed by atoms with van der Waals surface area (Å²) in [7, 11) is 0. The number of carbonyl (C=O) groups is 1. The van der Waals surface area contributed by atoms with E-state index in [1.807, 2.05) is 18.7 Å². The van der Waals surface area contributed by atoms with Crippen molar-refractivity contribution in [3.05, 3.63) is 0 Å². The van der Waals surface area contributed by atoms with E-state index in [9.17, 15) is 4.79 Å². The highest BCUT2D eigenvalue weighted by Gasteiger charge is 2.35. The zero-order valence-corrected chi connectivity index (χ0v) is 9.05. The van der Waals surface area contributed by atoms with Crippen LogP contribution in [0.25, 0.3) is 0 Å². The molecule has 76 valence electrons. The van der Waals surface area contributed by atoms with Crippen molar-refractivity contribution in [3.8, 4) is 0 Å². The first kappa shape index (κ1) is 10.4. The van der Waals surface area contributed by atoms with Crippen LogP contribution in [-0.4, -0.2) is 29.1 Å². The molecule has 1 saturated heterocycles. The van der Waals surface area contributed by atoms with Crippen LogP contribution in [0.1, 0.15) is 40.5 Å². The van der Waals surface area contributed by atoms with Crippen LogP contribution in [0, 0.1) is 0 Å². The lowest BCUT2D eigenvalue weighted by atomic mass is 10.0. The molecular formula is C10H20N2O. The maximum absolute atomic E-state index is 11.7. The fourth-order valence-corrected chi connectivity index (χ4v) is 1.81. The largest absolute Gasteiger partial charge is 0.336 e. The van der Waals surface area contributed by atoms with Crippen molar-refractivity contribution >= 4 is 6.03 Å². The van der Waals surface area contributed by atoms with Crippen LogP contribution in [0.4, 0.5) is 4.79 Å². The summed E-state index contributed by atoms with van der Waals surface area (Å²) in [6.45, 7) is 9.12. The van der Waals surface area contributed by atoms with Gasteiger partial charge < -0.3 is 10.2 Å². The lowest BCUT2D eigenvalue weighted by Crippen LogP contribution is -2.49. The van der Waals surface area contributed by atoms with E-state index in [4.69, 9.17) is 0 Å². The van der Waals surface area contributed by atoms with Gasteiger partial charge in [0.05, 0.1) is 0 Å². The molecule has 3 nitrogen and oxygen atoms in total. The Morgan fingerprint density at radius 2 is 2.08 bits per heavy atom. The van der Waals surface area contributed by atoms with Crippen molar-refractivity contribution in [3.63, 3.8) is 0 Å². The van der Waals surface area contributed by atoms with E-state index in [0.717, 1.165) is 19.4 Å². The molecule has 0 saturated carbocycles. The normalized spacial score (nSPS) is 20.8. The molecule has 0 spiro atoms. The van der Waals surface area contributed by atoms with E-state index in [2.05, 4.69) is 19.2 Å². The minimum absolute atomic E-state index is 0.0406. The zero-order valence-electron chi connectivity index (χ0n) is 9.05. The average Bonchev–Trinajstić information content (AvgIpc) is 2.27. The molecule has 1 aliphatic heterocycles. The third-order valence-electron chi connectivity index (χ3n) is 2.56. The van der Waals surface area contributed by atoms with Gasteiger partial charge in [-0.15, -0.1) is 0 Å². The Balaban J connectivity index is 2.56. The molecule has 1 heterocycles. The van der Waals surface area contributed by atoms with Gasteiger partial charge in [0, 0.05) is 18.1 Å². The van der Waals surface area contributed by atoms with E-state index in [-0.39, 0.29) is 17.6 Å². The number of urea groups is 1. The molecule has 2 amide bonds. The summed E-state index contributed by atoms with van der Waals surface area (Å²) in [5.74, 6) is 0. The standard InChI is InChI=1S/C10H20N2O/c1-8(2)11-9(13)12-7-5-6-10(12,3)4/h8H,5-7H2,1-4H3,(H,11,13). The van der Waals surface area contributed by atoms with Gasteiger partial charge in [-0.2, -0.15) is 0 Å². The van der Waals surface area contributed by atoms with Gasteiger partial charge in [0.2, 0.25) is 0 Å². The van der Waals surface area contributed by atoms with Crippen LogP contribution in [0.5, 0.6) is 0 Å². The van der Waals surface area contributed by atoms with Crippen molar-refractivity contribution in [1.82, 2.24) is 10.2 Å². The fourth-order valence-electron chi connectivity index (χ4n) is 1.81. The van der Waals surface area contributed by atoms with Crippen LogP contribution in [-0.2, 0) is 0 Å². The Kier molecular flexibility index (Phi) is 2.84. The second-order valence-corrected chi connectivity index (χ2v) is 4.67. The third kappa shape index (κ3) is 2.36. The Hall–Kier alpha value is -0.730. The number of hydrogen-bond donors (Lipinski definition) is 1. The number of amides is 2. The second-order valence-electron chi connectivity index (χ2n) is 4.67. The number of carbonyl (C=O) groups excluding carboxylic acids is 1. The Morgan fingerprint density at radius 3 is 2.46 bits per heavy atom. The molecule has 1 aliphatic rings. The monoisotopic (exact) mass is 184 g/mol. The van der Waals surface area contributed by atoms with Crippen molar-refractivity contribution in [2.75, 3.05) is 6.54 Å². The number of likely N-dealkylation sites (tertiary alicyclic amines) is 1. The lowest BCUT2D eigenvalue weighted by Gasteiger charge is -2.32. The molecule has 1 fully saturated rings. The number of hydrogen-bond acceptors (Lipinski definition) is 1. The molecule has 0 aromatic carbocycles. The van der Waals surface area contributed by atoms with Gasteiger partial charge in [-0.25, -0.2) is 4.79 Å². The van der Waals surface area contributed by atoms with Gasteiger partial charge in [0.15, 0.2) is 0 Å². The van der Waals surface area contributed by atoms with Crippen molar-refractivity contribution in [1.29, 1.82) is 0 Å². The van der Waals surface area contributed by atoms with Crippen molar-refractivity contribution in [2.45, 2.75) is 52.1 Å². The molecule has 0 bridgehead atoms.